The minimum Gasteiger partial charge on any atom is -0.544 e. The third-order valence-corrected chi connectivity index (χ3v) is 3.98. The zero-order chi connectivity index (χ0) is 13.0. The first-order chi connectivity index (χ1) is 8.66. The predicted molar refractivity (Wildman–Crippen MR) is 68.0 cm³/mol. The van der Waals surface area contributed by atoms with Gasteiger partial charge in [0.15, 0.2) is 0 Å². The normalized spacial score (nSPS) is 17.8. The first-order valence-corrected chi connectivity index (χ1v) is 6.75. The van der Waals surface area contributed by atoms with Crippen molar-refractivity contribution in [1.29, 1.82) is 0 Å². The molecule has 1 aromatic rings. The number of aliphatic carboxylic acids is 1. The van der Waals surface area contributed by atoms with Crippen molar-refractivity contribution in [1.82, 2.24) is 0 Å². The van der Waals surface area contributed by atoms with Gasteiger partial charge in [0.2, 0.25) is 0 Å². The van der Waals surface area contributed by atoms with E-state index in [2.05, 4.69) is 19.1 Å². The molecule has 0 bridgehead atoms. The molecule has 98 valence electrons. The lowest BCUT2D eigenvalue weighted by Gasteiger charge is -2.26. The summed E-state index contributed by atoms with van der Waals surface area (Å²) in [6.07, 6.45) is 4.76. The number of quaternary nitrogens is 1. The Bertz CT molecular complexity index is 411. The van der Waals surface area contributed by atoms with Gasteiger partial charge in [-0.3, -0.25) is 0 Å². The first kappa shape index (κ1) is 13.1. The van der Waals surface area contributed by atoms with Crippen molar-refractivity contribution in [2.75, 3.05) is 6.54 Å². The molecule has 1 N–H and O–H groups in total. The summed E-state index contributed by atoms with van der Waals surface area (Å²) in [7, 11) is 0. The van der Waals surface area contributed by atoms with Crippen LogP contribution in [0.2, 0.25) is 0 Å². The average Bonchev–Trinajstić information content (AvgIpc) is 2.84. The standard InChI is InChI=1S/C15H21NO2/c1-12-6-2-3-7-13(12)10-16(11-15(17)18)14-8-4-5-9-14/h2-3,6-7,14H,4-5,8-11H2,1H3,(H,17,18). The Hall–Kier alpha value is -1.35. The summed E-state index contributed by atoms with van der Waals surface area (Å²) < 4.78 is 0. The average molecular weight is 247 g/mol. The van der Waals surface area contributed by atoms with E-state index in [0.717, 1.165) is 24.3 Å². The summed E-state index contributed by atoms with van der Waals surface area (Å²) >= 11 is 0. The fraction of sp³-hybridized carbons (Fsp3) is 0.533. The van der Waals surface area contributed by atoms with Gasteiger partial charge in [0, 0.05) is 5.56 Å². The second kappa shape index (κ2) is 6.01. The smallest absolute Gasteiger partial charge is 0.118 e. The molecule has 0 spiro atoms. The highest BCUT2D eigenvalue weighted by Gasteiger charge is 2.26. The van der Waals surface area contributed by atoms with Crippen molar-refractivity contribution < 1.29 is 14.8 Å². The minimum atomic E-state index is -0.939. The summed E-state index contributed by atoms with van der Waals surface area (Å²) in [6.45, 7) is 3.00. The second-order valence-electron chi connectivity index (χ2n) is 5.29. The van der Waals surface area contributed by atoms with Gasteiger partial charge in [0.05, 0.1) is 12.0 Å². The van der Waals surface area contributed by atoms with Crippen LogP contribution in [0.4, 0.5) is 0 Å². The van der Waals surface area contributed by atoms with Crippen LogP contribution in [-0.2, 0) is 11.3 Å². The molecule has 3 heteroatoms. The molecule has 1 aromatic carbocycles. The van der Waals surface area contributed by atoms with Crippen LogP contribution in [0.3, 0.4) is 0 Å². The molecule has 0 aliphatic heterocycles. The van der Waals surface area contributed by atoms with Crippen molar-refractivity contribution in [3.63, 3.8) is 0 Å². The molecule has 1 fully saturated rings. The Morgan fingerprint density at radius 1 is 1.33 bits per heavy atom. The first-order valence-electron chi connectivity index (χ1n) is 6.75. The number of nitrogens with one attached hydrogen (secondary N) is 1. The lowest BCUT2D eigenvalue weighted by Crippen LogP contribution is -3.15. The molecule has 2 rings (SSSR count). The molecule has 0 heterocycles. The number of carbonyl (C=O) groups is 1. The largest absolute Gasteiger partial charge is 0.544 e. The molecular weight excluding hydrogens is 226 g/mol. The number of rotatable bonds is 5. The van der Waals surface area contributed by atoms with E-state index < -0.39 is 5.97 Å². The van der Waals surface area contributed by atoms with Gasteiger partial charge in [-0.25, -0.2) is 0 Å². The van der Waals surface area contributed by atoms with Gasteiger partial charge in [-0.2, -0.15) is 0 Å². The van der Waals surface area contributed by atoms with Crippen molar-refractivity contribution in [3.05, 3.63) is 35.4 Å². The monoisotopic (exact) mass is 247 g/mol. The number of carboxylic acid groups (broad SMARTS) is 1. The number of carbonyl (C=O) groups excluding carboxylic acids is 1. The Morgan fingerprint density at radius 2 is 2.00 bits per heavy atom. The Morgan fingerprint density at radius 3 is 2.61 bits per heavy atom. The van der Waals surface area contributed by atoms with Gasteiger partial charge in [-0.1, -0.05) is 24.3 Å². The number of benzene rings is 1. The van der Waals surface area contributed by atoms with Crippen molar-refractivity contribution >= 4 is 5.97 Å². The zero-order valence-electron chi connectivity index (χ0n) is 10.9. The number of hydrogen-bond acceptors (Lipinski definition) is 2. The summed E-state index contributed by atoms with van der Waals surface area (Å²) in [5.41, 5.74) is 2.49. The quantitative estimate of drug-likeness (QED) is 0.800. The number of aryl methyl sites for hydroxylation is 1. The van der Waals surface area contributed by atoms with Gasteiger partial charge in [-0.15, -0.1) is 0 Å². The van der Waals surface area contributed by atoms with Crippen LogP contribution >= 0.6 is 0 Å². The van der Waals surface area contributed by atoms with Crippen LogP contribution in [0, 0.1) is 6.92 Å². The molecule has 1 unspecified atom stereocenters. The highest BCUT2D eigenvalue weighted by atomic mass is 16.4. The molecule has 1 aliphatic rings. The lowest BCUT2D eigenvalue weighted by molar-refractivity contribution is -0.932. The topological polar surface area (TPSA) is 44.6 Å². The van der Waals surface area contributed by atoms with Crippen LogP contribution in [0.25, 0.3) is 0 Å². The van der Waals surface area contributed by atoms with Crippen LogP contribution < -0.4 is 10.0 Å². The van der Waals surface area contributed by atoms with E-state index in [1.54, 1.807) is 0 Å². The zero-order valence-corrected chi connectivity index (χ0v) is 10.9. The maximum absolute atomic E-state index is 10.9. The third-order valence-electron chi connectivity index (χ3n) is 3.98. The summed E-state index contributed by atoms with van der Waals surface area (Å²) in [5.74, 6) is -0.939. The molecule has 1 atom stereocenters. The molecular formula is C15H21NO2. The molecule has 1 aliphatic carbocycles. The molecule has 18 heavy (non-hydrogen) atoms. The van der Waals surface area contributed by atoms with Crippen molar-refractivity contribution in [2.24, 2.45) is 0 Å². The molecule has 0 amide bonds. The number of hydrogen-bond donors (Lipinski definition) is 1. The Labute approximate surface area is 108 Å². The van der Waals surface area contributed by atoms with E-state index in [1.165, 1.54) is 24.0 Å². The fourth-order valence-corrected chi connectivity index (χ4v) is 2.92. The lowest BCUT2D eigenvalue weighted by atomic mass is 10.1. The molecule has 0 saturated heterocycles. The molecule has 3 nitrogen and oxygen atoms in total. The van der Waals surface area contributed by atoms with Gasteiger partial charge in [0.25, 0.3) is 0 Å². The van der Waals surface area contributed by atoms with Gasteiger partial charge in [0.1, 0.15) is 13.1 Å². The van der Waals surface area contributed by atoms with Gasteiger partial charge in [-0.05, 0) is 38.2 Å². The third kappa shape index (κ3) is 3.33. The fourth-order valence-electron chi connectivity index (χ4n) is 2.92. The second-order valence-corrected chi connectivity index (χ2v) is 5.29. The van der Waals surface area contributed by atoms with Crippen LogP contribution in [0.5, 0.6) is 0 Å². The Balaban J connectivity index is 2.09. The summed E-state index contributed by atoms with van der Waals surface area (Å²) in [4.78, 5) is 12.1. The van der Waals surface area contributed by atoms with E-state index in [-0.39, 0.29) is 6.54 Å². The van der Waals surface area contributed by atoms with Crippen molar-refractivity contribution in [3.8, 4) is 0 Å². The molecule has 0 aromatic heterocycles. The van der Waals surface area contributed by atoms with Gasteiger partial charge >= 0.3 is 0 Å². The van der Waals surface area contributed by atoms with Crippen LogP contribution in [0.15, 0.2) is 24.3 Å². The minimum absolute atomic E-state index is 0.124. The maximum atomic E-state index is 10.9. The highest BCUT2D eigenvalue weighted by Crippen LogP contribution is 2.16. The molecule has 1 saturated carbocycles. The molecule has 0 radical (unpaired) electrons. The summed E-state index contributed by atoms with van der Waals surface area (Å²) in [6, 6.07) is 8.71. The summed E-state index contributed by atoms with van der Waals surface area (Å²) in [5, 5.41) is 10.9. The van der Waals surface area contributed by atoms with Crippen LogP contribution in [0.1, 0.15) is 36.8 Å². The number of carboxylic acids is 1. The van der Waals surface area contributed by atoms with E-state index >= 15 is 0 Å². The predicted octanol–water partition coefficient (Wildman–Crippen LogP) is 0.0724. The van der Waals surface area contributed by atoms with E-state index in [0.29, 0.717) is 6.04 Å². The van der Waals surface area contributed by atoms with E-state index in [9.17, 15) is 9.90 Å². The van der Waals surface area contributed by atoms with E-state index in [1.807, 2.05) is 12.1 Å². The van der Waals surface area contributed by atoms with E-state index in [4.69, 9.17) is 0 Å². The van der Waals surface area contributed by atoms with Crippen LogP contribution in [-0.4, -0.2) is 18.6 Å². The van der Waals surface area contributed by atoms with Gasteiger partial charge < -0.3 is 14.8 Å². The van der Waals surface area contributed by atoms with Crippen molar-refractivity contribution in [2.45, 2.75) is 45.2 Å². The highest BCUT2D eigenvalue weighted by molar-refractivity contribution is 5.65. The SMILES string of the molecule is Cc1ccccc1C[NH+](CC(=O)[O-])C1CCCC1. The maximum Gasteiger partial charge on any atom is 0.118 e. The Kier molecular flexibility index (Phi) is 4.37.